The molecule has 1 saturated heterocycles. The van der Waals surface area contributed by atoms with Crippen LogP contribution < -0.4 is 10.1 Å². The molecule has 1 fully saturated rings. The summed E-state index contributed by atoms with van der Waals surface area (Å²) in [4.78, 5) is 19.3. The molecule has 1 aromatic heterocycles. The van der Waals surface area contributed by atoms with Gasteiger partial charge in [-0.1, -0.05) is 11.3 Å². The van der Waals surface area contributed by atoms with Crippen molar-refractivity contribution >= 4 is 17.2 Å². The van der Waals surface area contributed by atoms with E-state index in [4.69, 9.17) is 4.74 Å². The number of aryl methyl sites for hydroxylation is 1. The van der Waals surface area contributed by atoms with E-state index in [-0.39, 0.29) is 5.91 Å². The van der Waals surface area contributed by atoms with Crippen molar-refractivity contribution < 1.29 is 9.53 Å². The highest BCUT2D eigenvalue weighted by Gasteiger charge is 2.18. The maximum Gasteiger partial charge on any atom is 0.273 e. The highest BCUT2D eigenvalue weighted by Crippen LogP contribution is 2.24. The van der Waals surface area contributed by atoms with E-state index in [9.17, 15) is 4.79 Å². The van der Waals surface area contributed by atoms with Crippen LogP contribution in [0.4, 0.5) is 0 Å². The van der Waals surface area contributed by atoms with Gasteiger partial charge >= 0.3 is 0 Å². The fourth-order valence-corrected chi connectivity index (χ4v) is 3.45. The first-order valence-corrected chi connectivity index (χ1v) is 7.90. The van der Waals surface area contributed by atoms with Crippen molar-refractivity contribution in [1.29, 1.82) is 0 Å². The third kappa shape index (κ3) is 3.93. The van der Waals surface area contributed by atoms with Gasteiger partial charge in [-0.05, 0) is 45.7 Å². The molecule has 1 aromatic rings. The van der Waals surface area contributed by atoms with E-state index >= 15 is 0 Å². The van der Waals surface area contributed by atoms with Gasteiger partial charge in [0, 0.05) is 13.1 Å². The summed E-state index contributed by atoms with van der Waals surface area (Å²) in [5, 5.41) is 3.54. The number of thiazole rings is 1. The molecule has 0 bridgehead atoms. The van der Waals surface area contributed by atoms with Gasteiger partial charge in [0.15, 0.2) is 0 Å². The van der Waals surface area contributed by atoms with Crippen LogP contribution in [0.2, 0.25) is 0 Å². The first-order chi connectivity index (χ1) is 9.60. The lowest BCUT2D eigenvalue weighted by molar-refractivity contribution is 0.0951. The molecule has 112 valence electrons. The van der Waals surface area contributed by atoms with Gasteiger partial charge in [0.25, 0.3) is 11.1 Å². The number of piperidine rings is 1. The average molecular weight is 297 g/mol. The molecule has 0 aliphatic carbocycles. The Hall–Kier alpha value is -1.14. The summed E-state index contributed by atoms with van der Waals surface area (Å²) in [7, 11) is 3.73. The third-order valence-corrected chi connectivity index (χ3v) is 4.84. The second-order valence-corrected chi connectivity index (χ2v) is 6.38. The molecule has 1 aliphatic heterocycles. The molecule has 6 heteroatoms. The monoisotopic (exact) mass is 297 g/mol. The summed E-state index contributed by atoms with van der Waals surface area (Å²) in [6.45, 7) is 4.91. The molecule has 2 heterocycles. The van der Waals surface area contributed by atoms with Crippen molar-refractivity contribution in [2.24, 2.45) is 5.92 Å². The van der Waals surface area contributed by atoms with Gasteiger partial charge in [0.2, 0.25) is 0 Å². The molecule has 0 saturated carbocycles. The first kappa shape index (κ1) is 15.3. The number of hydrogen-bond donors (Lipinski definition) is 1. The van der Waals surface area contributed by atoms with Crippen LogP contribution in [0.3, 0.4) is 0 Å². The van der Waals surface area contributed by atoms with Gasteiger partial charge in [0.1, 0.15) is 4.88 Å². The smallest absolute Gasteiger partial charge is 0.273 e. The van der Waals surface area contributed by atoms with Crippen molar-refractivity contribution in [3.8, 4) is 5.19 Å². The molecule has 1 amide bonds. The quantitative estimate of drug-likeness (QED) is 0.902. The Morgan fingerprint density at radius 2 is 2.40 bits per heavy atom. The van der Waals surface area contributed by atoms with Gasteiger partial charge in [-0.3, -0.25) is 4.79 Å². The van der Waals surface area contributed by atoms with Crippen LogP contribution >= 0.6 is 11.3 Å². The standard InChI is InChI=1S/C14H23N3O2S/c1-10-12(20-14(16-10)19-3)13(18)15-7-6-11-5-4-8-17(2)9-11/h11H,4-9H2,1-3H3,(H,15,18). The predicted molar refractivity (Wildman–Crippen MR) is 80.6 cm³/mol. The third-order valence-electron chi connectivity index (χ3n) is 3.72. The summed E-state index contributed by atoms with van der Waals surface area (Å²) < 4.78 is 5.06. The molecule has 1 unspecified atom stereocenters. The Morgan fingerprint density at radius 1 is 1.60 bits per heavy atom. The second-order valence-electron chi connectivity index (χ2n) is 5.41. The number of hydrogen-bond acceptors (Lipinski definition) is 5. The van der Waals surface area contributed by atoms with Crippen LogP contribution in [0, 0.1) is 12.8 Å². The molecular formula is C14H23N3O2S. The first-order valence-electron chi connectivity index (χ1n) is 7.08. The summed E-state index contributed by atoms with van der Waals surface area (Å²) in [5.41, 5.74) is 0.738. The number of carbonyl (C=O) groups is 1. The molecule has 1 atom stereocenters. The Kier molecular flexibility index (Phi) is 5.37. The molecule has 0 spiro atoms. The number of likely N-dealkylation sites (tertiary alicyclic amines) is 1. The minimum atomic E-state index is -0.0348. The molecule has 2 rings (SSSR count). The number of methoxy groups -OCH3 is 1. The summed E-state index contributed by atoms with van der Waals surface area (Å²) in [5.74, 6) is 0.665. The zero-order chi connectivity index (χ0) is 14.5. The summed E-state index contributed by atoms with van der Waals surface area (Å²) in [6.07, 6.45) is 3.58. The van der Waals surface area contributed by atoms with Gasteiger partial charge < -0.3 is 15.0 Å². The minimum absolute atomic E-state index is 0.0348. The Balaban J connectivity index is 1.78. The zero-order valence-corrected chi connectivity index (χ0v) is 13.3. The highest BCUT2D eigenvalue weighted by atomic mass is 32.1. The summed E-state index contributed by atoms with van der Waals surface area (Å²) in [6, 6.07) is 0. The number of ether oxygens (including phenoxy) is 1. The van der Waals surface area contributed by atoms with E-state index < -0.39 is 0 Å². The Bertz CT molecular complexity index is 461. The average Bonchev–Trinajstić information content (AvgIpc) is 2.80. The van der Waals surface area contributed by atoms with Crippen molar-refractivity contribution in [3.05, 3.63) is 10.6 Å². The van der Waals surface area contributed by atoms with Crippen LogP contribution in [0.15, 0.2) is 0 Å². The van der Waals surface area contributed by atoms with Gasteiger partial charge in [-0.25, -0.2) is 4.98 Å². The second kappa shape index (κ2) is 7.04. The lowest BCUT2D eigenvalue weighted by Crippen LogP contribution is -2.34. The Labute approximate surface area is 124 Å². The van der Waals surface area contributed by atoms with E-state index in [1.54, 1.807) is 7.11 Å². The minimum Gasteiger partial charge on any atom is -0.473 e. The molecule has 5 nitrogen and oxygen atoms in total. The number of nitrogens with one attached hydrogen (secondary N) is 1. The van der Waals surface area contributed by atoms with Crippen LogP contribution in [-0.4, -0.2) is 49.6 Å². The van der Waals surface area contributed by atoms with E-state index in [0.717, 1.165) is 25.2 Å². The molecule has 0 aromatic carbocycles. The fourth-order valence-electron chi connectivity index (χ4n) is 2.65. The highest BCUT2D eigenvalue weighted by molar-refractivity contribution is 7.15. The molecule has 1 N–H and O–H groups in total. The normalized spacial score (nSPS) is 19.9. The van der Waals surface area contributed by atoms with E-state index in [2.05, 4.69) is 22.2 Å². The van der Waals surface area contributed by atoms with E-state index in [0.29, 0.717) is 16.0 Å². The number of aromatic nitrogens is 1. The van der Waals surface area contributed by atoms with Crippen LogP contribution in [0.1, 0.15) is 34.6 Å². The predicted octanol–water partition coefficient (Wildman–Crippen LogP) is 1.92. The summed E-state index contributed by atoms with van der Waals surface area (Å²) >= 11 is 1.30. The number of amides is 1. The molecule has 1 aliphatic rings. The molecule has 20 heavy (non-hydrogen) atoms. The van der Waals surface area contributed by atoms with Crippen LogP contribution in [0.25, 0.3) is 0 Å². The Morgan fingerprint density at radius 3 is 3.05 bits per heavy atom. The van der Waals surface area contributed by atoms with Crippen molar-refractivity contribution in [1.82, 2.24) is 15.2 Å². The van der Waals surface area contributed by atoms with Gasteiger partial charge in [0.05, 0.1) is 12.8 Å². The van der Waals surface area contributed by atoms with E-state index in [1.165, 1.54) is 30.7 Å². The van der Waals surface area contributed by atoms with Gasteiger partial charge in [-0.15, -0.1) is 0 Å². The lowest BCUT2D eigenvalue weighted by Gasteiger charge is -2.29. The lowest BCUT2D eigenvalue weighted by atomic mass is 9.95. The largest absolute Gasteiger partial charge is 0.473 e. The zero-order valence-electron chi connectivity index (χ0n) is 12.4. The molecule has 0 radical (unpaired) electrons. The van der Waals surface area contributed by atoms with E-state index in [1.807, 2.05) is 6.92 Å². The SMILES string of the molecule is COc1nc(C)c(C(=O)NCCC2CCCN(C)C2)s1. The fraction of sp³-hybridized carbons (Fsp3) is 0.714. The number of rotatable bonds is 5. The maximum atomic E-state index is 12.1. The van der Waals surface area contributed by atoms with Crippen molar-refractivity contribution in [3.63, 3.8) is 0 Å². The molecular weight excluding hydrogens is 274 g/mol. The van der Waals surface area contributed by atoms with Crippen LogP contribution in [-0.2, 0) is 0 Å². The number of nitrogens with zero attached hydrogens (tertiary/aromatic N) is 2. The van der Waals surface area contributed by atoms with Crippen molar-refractivity contribution in [2.75, 3.05) is 33.8 Å². The van der Waals surface area contributed by atoms with Crippen molar-refractivity contribution in [2.45, 2.75) is 26.2 Å². The van der Waals surface area contributed by atoms with Crippen LogP contribution in [0.5, 0.6) is 5.19 Å². The van der Waals surface area contributed by atoms with Gasteiger partial charge in [-0.2, -0.15) is 0 Å². The topological polar surface area (TPSA) is 54.5 Å². The maximum absolute atomic E-state index is 12.1. The number of carbonyl (C=O) groups excluding carboxylic acids is 1.